The van der Waals surface area contributed by atoms with Crippen LogP contribution >= 0.6 is 11.3 Å². The number of thiophene rings is 1. The van der Waals surface area contributed by atoms with Crippen molar-refractivity contribution in [3.63, 3.8) is 0 Å². The fourth-order valence-electron chi connectivity index (χ4n) is 1.66. The summed E-state index contributed by atoms with van der Waals surface area (Å²) in [5.74, 6) is -0.195. The lowest BCUT2D eigenvalue weighted by molar-refractivity contribution is 0.0951. The number of sulfonamides is 1. The maximum Gasteiger partial charge on any atom is 0.251 e. The highest BCUT2D eigenvalue weighted by Gasteiger charge is 2.12. The molecule has 0 bridgehead atoms. The lowest BCUT2D eigenvalue weighted by Gasteiger charge is -2.04. The molecule has 1 heterocycles. The molecule has 1 aromatic heterocycles. The molecule has 0 saturated carbocycles. The SMILES string of the molecule is Cc1cccc(C(=O)NCc2ccc(S(N)(=O)=O)s2)c1. The first-order valence-corrected chi connectivity index (χ1v) is 8.19. The van der Waals surface area contributed by atoms with Crippen LogP contribution in [0.15, 0.2) is 40.6 Å². The van der Waals surface area contributed by atoms with Crippen LogP contribution in [0.2, 0.25) is 0 Å². The molecular formula is C13H14N2O3S2. The second-order valence-corrected chi connectivity index (χ2v) is 7.27. The maximum atomic E-state index is 11.9. The van der Waals surface area contributed by atoms with Gasteiger partial charge in [0.05, 0.1) is 6.54 Å². The van der Waals surface area contributed by atoms with E-state index in [0.29, 0.717) is 5.56 Å². The third-order valence-electron chi connectivity index (χ3n) is 2.62. The van der Waals surface area contributed by atoms with Crippen molar-refractivity contribution in [1.82, 2.24) is 5.32 Å². The predicted octanol–water partition coefficient (Wildman–Crippen LogP) is 1.63. The molecule has 0 aliphatic carbocycles. The standard InChI is InChI=1S/C13H14N2O3S2/c1-9-3-2-4-10(7-9)13(16)15-8-11-5-6-12(19-11)20(14,17)18/h2-7H,8H2,1H3,(H,15,16)(H2,14,17,18). The molecule has 0 saturated heterocycles. The van der Waals surface area contributed by atoms with E-state index in [2.05, 4.69) is 5.32 Å². The zero-order valence-electron chi connectivity index (χ0n) is 10.8. The van der Waals surface area contributed by atoms with Gasteiger partial charge < -0.3 is 5.32 Å². The Morgan fingerprint density at radius 1 is 1.30 bits per heavy atom. The number of carbonyl (C=O) groups excluding carboxylic acids is 1. The van der Waals surface area contributed by atoms with Crippen LogP contribution in [0.3, 0.4) is 0 Å². The Kier molecular flexibility index (Phi) is 4.22. The van der Waals surface area contributed by atoms with Gasteiger partial charge >= 0.3 is 0 Å². The summed E-state index contributed by atoms with van der Waals surface area (Å²) in [6.07, 6.45) is 0. The molecule has 0 aliphatic heterocycles. The molecule has 5 nitrogen and oxygen atoms in total. The van der Waals surface area contributed by atoms with Crippen molar-refractivity contribution in [3.8, 4) is 0 Å². The zero-order valence-corrected chi connectivity index (χ0v) is 12.4. The van der Waals surface area contributed by atoms with Crippen LogP contribution in [0.5, 0.6) is 0 Å². The van der Waals surface area contributed by atoms with Crippen molar-refractivity contribution in [2.24, 2.45) is 5.14 Å². The molecule has 0 atom stereocenters. The molecule has 0 unspecified atom stereocenters. The number of primary sulfonamides is 1. The molecule has 0 aliphatic rings. The molecule has 0 fully saturated rings. The van der Waals surface area contributed by atoms with Gasteiger partial charge in [0.2, 0.25) is 10.0 Å². The summed E-state index contributed by atoms with van der Waals surface area (Å²) in [7, 11) is -3.67. The Balaban J connectivity index is 2.02. The fourth-order valence-corrected chi connectivity index (χ4v) is 3.38. The fraction of sp³-hybridized carbons (Fsp3) is 0.154. The van der Waals surface area contributed by atoms with Gasteiger partial charge in [-0.15, -0.1) is 11.3 Å². The van der Waals surface area contributed by atoms with Crippen LogP contribution in [-0.4, -0.2) is 14.3 Å². The summed E-state index contributed by atoms with van der Waals surface area (Å²) in [5.41, 5.74) is 1.58. The topological polar surface area (TPSA) is 89.3 Å². The first kappa shape index (κ1) is 14.7. The van der Waals surface area contributed by atoms with E-state index in [9.17, 15) is 13.2 Å². The van der Waals surface area contributed by atoms with Gasteiger partial charge in [0.1, 0.15) is 4.21 Å². The molecular weight excluding hydrogens is 296 g/mol. The van der Waals surface area contributed by atoms with Gasteiger partial charge in [0.25, 0.3) is 5.91 Å². The van der Waals surface area contributed by atoms with Crippen LogP contribution in [-0.2, 0) is 16.6 Å². The van der Waals surface area contributed by atoms with Gasteiger partial charge in [-0.3, -0.25) is 4.79 Å². The second-order valence-electron chi connectivity index (χ2n) is 4.32. The van der Waals surface area contributed by atoms with E-state index in [4.69, 9.17) is 5.14 Å². The van der Waals surface area contributed by atoms with Gasteiger partial charge in [-0.2, -0.15) is 0 Å². The first-order chi connectivity index (χ1) is 9.36. The minimum absolute atomic E-state index is 0.0947. The molecule has 106 valence electrons. The third-order valence-corrected chi connectivity index (χ3v) is 5.14. The smallest absolute Gasteiger partial charge is 0.251 e. The minimum atomic E-state index is -3.67. The molecule has 2 rings (SSSR count). The highest BCUT2D eigenvalue weighted by Crippen LogP contribution is 2.20. The number of rotatable bonds is 4. The van der Waals surface area contributed by atoms with Gasteiger partial charge in [-0.1, -0.05) is 17.7 Å². The van der Waals surface area contributed by atoms with Crippen LogP contribution < -0.4 is 10.5 Å². The largest absolute Gasteiger partial charge is 0.347 e. The Hall–Kier alpha value is -1.70. The second kappa shape index (κ2) is 5.74. The molecule has 3 N–H and O–H groups in total. The summed E-state index contributed by atoms with van der Waals surface area (Å²) < 4.78 is 22.4. The number of nitrogens with two attached hydrogens (primary N) is 1. The van der Waals surface area contributed by atoms with E-state index < -0.39 is 10.0 Å². The van der Waals surface area contributed by atoms with Crippen molar-refractivity contribution < 1.29 is 13.2 Å². The number of aryl methyl sites for hydroxylation is 1. The van der Waals surface area contributed by atoms with Crippen LogP contribution in [0.25, 0.3) is 0 Å². The van der Waals surface area contributed by atoms with Crippen molar-refractivity contribution >= 4 is 27.3 Å². The highest BCUT2D eigenvalue weighted by atomic mass is 32.2. The highest BCUT2D eigenvalue weighted by molar-refractivity contribution is 7.91. The Bertz CT molecular complexity index is 736. The van der Waals surface area contributed by atoms with E-state index in [1.807, 2.05) is 19.1 Å². The quantitative estimate of drug-likeness (QED) is 0.899. The lowest BCUT2D eigenvalue weighted by atomic mass is 10.1. The molecule has 1 amide bonds. The summed E-state index contributed by atoms with van der Waals surface area (Å²) >= 11 is 1.05. The van der Waals surface area contributed by atoms with Crippen LogP contribution in [0.1, 0.15) is 20.8 Å². The van der Waals surface area contributed by atoms with Crippen molar-refractivity contribution in [3.05, 3.63) is 52.4 Å². The van der Waals surface area contributed by atoms with Gasteiger partial charge in [-0.05, 0) is 31.2 Å². The van der Waals surface area contributed by atoms with Gasteiger partial charge in [0, 0.05) is 10.4 Å². The number of amides is 1. The molecule has 2 aromatic rings. The maximum absolute atomic E-state index is 11.9. The van der Waals surface area contributed by atoms with Crippen LogP contribution in [0.4, 0.5) is 0 Å². The monoisotopic (exact) mass is 310 g/mol. The molecule has 0 radical (unpaired) electrons. The van der Waals surface area contributed by atoms with E-state index in [1.54, 1.807) is 18.2 Å². The normalized spacial score (nSPS) is 11.3. The molecule has 7 heteroatoms. The third kappa shape index (κ3) is 3.66. The number of hydrogen-bond acceptors (Lipinski definition) is 4. The number of benzene rings is 1. The predicted molar refractivity (Wildman–Crippen MR) is 78.0 cm³/mol. The number of nitrogens with one attached hydrogen (secondary N) is 1. The van der Waals surface area contributed by atoms with Crippen molar-refractivity contribution in [2.75, 3.05) is 0 Å². The summed E-state index contributed by atoms with van der Waals surface area (Å²) in [4.78, 5) is 12.7. The number of hydrogen-bond donors (Lipinski definition) is 2. The molecule has 0 spiro atoms. The molecule has 1 aromatic carbocycles. The lowest BCUT2D eigenvalue weighted by Crippen LogP contribution is -2.22. The van der Waals surface area contributed by atoms with Gasteiger partial charge in [-0.25, -0.2) is 13.6 Å². The van der Waals surface area contributed by atoms with Gasteiger partial charge in [0.15, 0.2) is 0 Å². The average Bonchev–Trinajstić information content (AvgIpc) is 2.84. The summed E-state index contributed by atoms with van der Waals surface area (Å²) in [6, 6.07) is 10.3. The van der Waals surface area contributed by atoms with Crippen molar-refractivity contribution in [2.45, 2.75) is 17.7 Å². The average molecular weight is 310 g/mol. The van der Waals surface area contributed by atoms with E-state index in [-0.39, 0.29) is 16.7 Å². The van der Waals surface area contributed by atoms with Crippen LogP contribution in [0, 0.1) is 6.92 Å². The van der Waals surface area contributed by atoms with E-state index >= 15 is 0 Å². The van der Waals surface area contributed by atoms with E-state index in [0.717, 1.165) is 21.8 Å². The Morgan fingerprint density at radius 2 is 2.05 bits per heavy atom. The van der Waals surface area contributed by atoms with E-state index in [1.165, 1.54) is 6.07 Å². The Morgan fingerprint density at radius 3 is 2.65 bits per heavy atom. The Labute approximate surface area is 121 Å². The molecule has 20 heavy (non-hydrogen) atoms. The zero-order chi connectivity index (χ0) is 14.8. The first-order valence-electron chi connectivity index (χ1n) is 5.82. The summed E-state index contributed by atoms with van der Waals surface area (Å²) in [6.45, 7) is 2.18. The summed E-state index contributed by atoms with van der Waals surface area (Å²) in [5, 5.41) is 7.77. The minimum Gasteiger partial charge on any atom is -0.347 e. The van der Waals surface area contributed by atoms with Crippen molar-refractivity contribution in [1.29, 1.82) is 0 Å². The number of carbonyl (C=O) groups is 1.